The van der Waals surface area contributed by atoms with E-state index in [0.717, 1.165) is 25.7 Å². The van der Waals surface area contributed by atoms with Crippen molar-refractivity contribution in [2.24, 2.45) is 5.41 Å². The van der Waals surface area contributed by atoms with Gasteiger partial charge in [-0.15, -0.1) is 0 Å². The molecule has 0 bridgehead atoms. The Morgan fingerprint density at radius 1 is 1.28 bits per heavy atom. The van der Waals surface area contributed by atoms with Crippen molar-refractivity contribution < 1.29 is 14.7 Å². The van der Waals surface area contributed by atoms with Gasteiger partial charge >= 0.3 is 0 Å². The van der Waals surface area contributed by atoms with Crippen molar-refractivity contribution in [3.05, 3.63) is 0 Å². The molecular weight excluding hydrogens is 232 g/mol. The minimum absolute atomic E-state index is 0.0802. The Morgan fingerprint density at radius 3 is 2.39 bits per heavy atom. The Morgan fingerprint density at radius 2 is 1.89 bits per heavy atom. The maximum absolute atomic E-state index is 11.7. The van der Waals surface area contributed by atoms with Crippen LogP contribution in [0.1, 0.15) is 39.0 Å². The summed E-state index contributed by atoms with van der Waals surface area (Å²) in [6.07, 6.45) is 5.37. The van der Waals surface area contributed by atoms with Crippen molar-refractivity contribution in [2.45, 2.75) is 39.0 Å². The molecule has 0 aliphatic heterocycles. The van der Waals surface area contributed by atoms with Gasteiger partial charge in [-0.2, -0.15) is 0 Å². The molecule has 0 aromatic heterocycles. The third-order valence-corrected chi connectivity index (χ3v) is 3.83. The highest BCUT2D eigenvalue weighted by Crippen LogP contribution is 2.35. The zero-order valence-electron chi connectivity index (χ0n) is 11.4. The summed E-state index contributed by atoms with van der Waals surface area (Å²) in [5, 5.41) is 12.3. The number of aliphatic hydroxyl groups excluding tert-OH is 1. The summed E-state index contributed by atoms with van der Waals surface area (Å²) in [7, 11) is 1.60. The largest absolute Gasteiger partial charge is 0.396 e. The number of nitrogens with one attached hydrogen (secondary N) is 1. The number of carbonyl (C=O) groups excluding carboxylic acids is 2. The summed E-state index contributed by atoms with van der Waals surface area (Å²) < 4.78 is 0. The lowest BCUT2D eigenvalue weighted by Crippen LogP contribution is -2.44. The normalized spacial score (nSPS) is 18.2. The third-order valence-electron chi connectivity index (χ3n) is 3.83. The van der Waals surface area contributed by atoms with E-state index in [0.29, 0.717) is 6.54 Å². The van der Waals surface area contributed by atoms with Crippen LogP contribution in [0.3, 0.4) is 0 Å². The Balaban J connectivity index is 2.38. The van der Waals surface area contributed by atoms with E-state index in [4.69, 9.17) is 0 Å². The van der Waals surface area contributed by atoms with Crippen LogP contribution in [0.5, 0.6) is 0 Å². The van der Waals surface area contributed by atoms with Crippen LogP contribution in [0.2, 0.25) is 0 Å². The molecule has 0 atom stereocenters. The van der Waals surface area contributed by atoms with E-state index < -0.39 is 0 Å². The molecule has 1 rings (SSSR count). The number of rotatable bonds is 5. The van der Waals surface area contributed by atoms with Gasteiger partial charge in [0.1, 0.15) is 0 Å². The topological polar surface area (TPSA) is 69.6 Å². The van der Waals surface area contributed by atoms with Gasteiger partial charge in [0.2, 0.25) is 11.8 Å². The summed E-state index contributed by atoms with van der Waals surface area (Å²) in [4.78, 5) is 24.1. The first-order valence-corrected chi connectivity index (χ1v) is 6.58. The minimum Gasteiger partial charge on any atom is -0.396 e. The molecule has 0 radical (unpaired) electrons. The average Bonchev–Trinajstić information content (AvgIpc) is 2.37. The number of nitrogens with zero attached hydrogens (tertiary/aromatic N) is 1. The van der Waals surface area contributed by atoms with Gasteiger partial charge < -0.3 is 15.3 Å². The van der Waals surface area contributed by atoms with E-state index in [9.17, 15) is 14.7 Å². The molecule has 1 aliphatic rings. The molecule has 1 aliphatic carbocycles. The fourth-order valence-corrected chi connectivity index (χ4v) is 2.36. The number of likely N-dealkylation sites (N-methyl/N-ethyl adjacent to an activating group) is 1. The van der Waals surface area contributed by atoms with E-state index >= 15 is 0 Å². The summed E-state index contributed by atoms with van der Waals surface area (Å²) in [5.74, 6) is -0.286. The smallest absolute Gasteiger partial charge is 0.239 e. The number of amides is 2. The van der Waals surface area contributed by atoms with Gasteiger partial charge in [0, 0.05) is 25.9 Å². The van der Waals surface area contributed by atoms with Gasteiger partial charge in [-0.05, 0) is 12.8 Å². The van der Waals surface area contributed by atoms with Crippen LogP contribution in [-0.2, 0) is 9.59 Å². The predicted molar refractivity (Wildman–Crippen MR) is 68.9 cm³/mol. The highest BCUT2D eigenvalue weighted by Gasteiger charge is 2.31. The second-order valence-electron chi connectivity index (χ2n) is 5.37. The molecular formula is C13H24N2O3. The fraction of sp³-hybridized carbons (Fsp3) is 0.846. The predicted octanol–water partition coefficient (Wildman–Crippen LogP) is 0.524. The van der Waals surface area contributed by atoms with Gasteiger partial charge in [0.25, 0.3) is 0 Å². The van der Waals surface area contributed by atoms with Crippen molar-refractivity contribution in [1.82, 2.24) is 10.2 Å². The summed E-state index contributed by atoms with van der Waals surface area (Å²) in [5.41, 5.74) is -0.150. The van der Waals surface area contributed by atoms with Crippen molar-refractivity contribution in [1.29, 1.82) is 0 Å². The standard InChI is InChI=1S/C13H24N2O3/c1-11(17)15(2)8-12(18)14-9-13(10-16)6-4-3-5-7-13/h16H,3-10H2,1-2H3,(H,14,18). The van der Waals surface area contributed by atoms with E-state index in [1.165, 1.54) is 18.2 Å². The number of carbonyl (C=O) groups is 2. The highest BCUT2D eigenvalue weighted by molar-refractivity contribution is 5.83. The molecule has 0 heterocycles. The minimum atomic E-state index is -0.161. The highest BCUT2D eigenvalue weighted by atomic mass is 16.3. The van der Waals surface area contributed by atoms with Crippen molar-refractivity contribution in [3.8, 4) is 0 Å². The first-order chi connectivity index (χ1) is 8.49. The molecule has 1 fully saturated rings. The molecule has 2 amide bonds. The van der Waals surface area contributed by atoms with Crippen LogP contribution >= 0.6 is 0 Å². The lowest BCUT2D eigenvalue weighted by Gasteiger charge is -2.35. The average molecular weight is 256 g/mol. The van der Waals surface area contributed by atoms with Gasteiger partial charge in [0.15, 0.2) is 0 Å². The molecule has 0 saturated heterocycles. The molecule has 5 nitrogen and oxygen atoms in total. The lowest BCUT2D eigenvalue weighted by molar-refractivity contribution is -0.133. The van der Waals surface area contributed by atoms with Crippen molar-refractivity contribution in [3.63, 3.8) is 0 Å². The van der Waals surface area contributed by atoms with Crippen molar-refractivity contribution in [2.75, 3.05) is 26.7 Å². The van der Waals surface area contributed by atoms with Gasteiger partial charge in [-0.3, -0.25) is 9.59 Å². The maximum Gasteiger partial charge on any atom is 0.239 e. The quantitative estimate of drug-likeness (QED) is 0.753. The molecule has 2 N–H and O–H groups in total. The summed E-state index contributed by atoms with van der Waals surface area (Å²) in [6, 6.07) is 0. The Labute approximate surface area is 109 Å². The molecule has 0 aromatic carbocycles. The van der Waals surface area contributed by atoms with Crippen LogP contribution < -0.4 is 5.32 Å². The summed E-state index contributed by atoms with van der Waals surface area (Å²) >= 11 is 0. The Kier molecular flexibility index (Phi) is 5.59. The number of aliphatic hydroxyl groups is 1. The van der Waals surface area contributed by atoms with E-state index in [-0.39, 0.29) is 30.4 Å². The maximum atomic E-state index is 11.7. The van der Waals surface area contributed by atoms with Crippen LogP contribution in [0.25, 0.3) is 0 Å². The first kappa shape index (κ1) is 15.0. The van der Waals surface area contributed by atoms with Gasteiger partial charge in [-0.25, -0.2) is 0 Å². The molecule has 0 aromatic rings. The third kappa shape index (κ3) is 4.29. The van der Waals surface area contributed by atoms with E-state index in [1.807, 2.05) is 0 Å². The Bertz CT molecular complexity index is 299. The fourth-order valence-electron chi connectivity index (χ4n) is 2.36. The van der Waals surface area contributed by atoms with E-state index in [2.05, 4.69) is 5.32 Å². The van der Waals surface area contributed by atoms with E-state index in [1.54, 1.807) is 7.05 Å². The first-order valence-electron chi connectivity index (χ1n) is 6.58. The Hall–Kier alpha value is -1.10. The second-order valence-corrected chi connectivity index (χ2v) is 5.37. The van der Waals surface area contributed by atoms with Crippen molar-refractivity contribution >= 4 is 11.8 Å². The SMILES string of the molecule is CC(=O)N(C)CC(=O)NCC1(CO)CCCCC1. The molecule has 0 spiro atoms. The summed E-state index contributed by atoms with van der Waals surface area (Å²) in [6.45, 7) is 2.14. The molecule has 104 valence electrons. The van der Waals surface area contributed by atoms with Crippen LogP contribution in [0, 0.1) is 5.41 Å². The van der Waals surface area contributed by atoms with Gasteiger partial charge in [-0.1, -0.05) is 19.3 Å². The van der Waals surface area contributed by atoms with Crippen LogP contribution in [0.15, 0.2) is 0 Å². The van der Waals surface area contributed by atoms with Gasteiger partial charge in [0.05, 0.1) is 13.2 Å². The van der Waals surface area contributed by atoms with Crippen LogP contribution in [0.4, 0.5) is 0 Å². The zero-order valence-corrected chi connectivity index (χ0v) is 11.4. The number of hydrogen-bond acceptors (Lipinski definition) is 3. The lowest BCUT2D eigenvalue weighted by atomic mass is 9.74. The zero-order chi connectivity index (χ0) is 13.6. The number of hydrogen-bond donors (Lipinski definition) is 2. The molecule has 0 unspecified atom stereocenters. The monoisotopic (exact) mass is 256 g/mol. The molecule has 1 saturated carbocycles. The van der Waals surface area contributed by atoms with Crippen LogP contribution in [-0.4, -0.2) is 48.6 Å². The second kappa shape index (κ2) is 6.73. The molecule has 18 heavy (non-hydrogen) atoms. The molecule has 5 heteroatoms.